The Morgan fingerprint density at radius 1 is 1.37 bits per heavy atom. The van der Waals surface area contributed by atoms with Crippen molar-refractivity contribution in [1.29, 1.82) is 0 Å². The normalized spacial score (nSPS) is 27.7. The van der Waals surface area contributed by atoms with E-state index in [9.17, 15) is 4.79 Å². The molecule has 1 aromatic rings. The maximum Gasteiger partial charge on any atom is 0.309 e. The topological polar surface area (TPSA) is 29.5 Å². The van der Waals surface area contributed by atoms with Gasteiger partial charge in [-0.2, -0.15) is 0 Å². The van der Waals surface area contributed by atoms with Crippen molar-refractivity contribution < 1.29 is 9.53 Å². The standard InChI is InChI=1S/C16H23NO2/c1-12(2)15(18)19-16(10-11-17(4)13(16)3)14-8-6-5-7-9-14/h5-9,12-13H,10-11H2,1-4H3/t13-,16-/m0/s1. The number of hydrogen-bond donors (Lipinski definition) is 0. The van der Waals surface area contributed by atoms with E-state index in [0.29, 0.717) is 0 Å². The Bertz CT molecular complexity index is 443. The molecule has 2 atom stereocenters. The molecule has 0 spiro atoms. The van der Waals surface area contributed by atoms with Gasteiger partial charge in [-0.05, 0) is 19.5 Å². The number of hydrogen-bond acceptors (Lipinski definition) is 3. The largest absolute Gasteiger partial charge is 0.452 e. The average Bonchev–Trinajstić information content (AvgIpc) is 2.69. The van der Waals surface area contributed by atoms with Gasteiger partial charge in [0.2, 0.25) is 0 Å². The van der Waals surface area contributed by atoms with Gasteiger partial charge in [-0.1, -0.05) is 44.2 Å². The van der Waals surface area contributed by atoms with E-state index in [2.05, 4.69) is 31.0 Å². The van der Waals surface area contributed by atoms with E-state index >= 15 is 0 Å². The van der Waals surface area contributed by atoms with Crippen LogP contribution >= 0.6 is 0 Å². The highest BCUT2D eigenvalue weighted by molar-refractivity contribution is 5.72. The third-order valence-electron chi connectivity index (χ3n) is 4.19. The maximum absolute atomic E-state index is 12.1. The fraction of sp³-hybridized carbons (Fsp3) is 0.562. The Morgan fingerprint density at radius 3 is 2.47 bits per heavy atom. The second-order valence-corrected chi connectivity index (χ2v) is 5.74. The van der Waals surface area contributed by atoms with Gasteiger partial charge in [0.1, 0.15) is 0 Å². The molecular formula is C16H23NO2. The minimum atomic E-state index is -0.503. The van der Waals surface area contributed by atoms with E-state index in [1.165, 1.54) is 0 Å². The molecule has 0 aliphatic carbocycles. The predicted molar refractivity (Wildman–Crippen MR) is 75.8 cm³/mol. The van der Waals surface area contributed by atoms with Gasteiger partial charge >= 0.3 is 5.97 Å². The third-order valence-corrected chi connectivity index (χ3v) is 4.19. The van der Waals surface area contributed by atoms with Crippen LogP contribution in [-0.2, 0) is 15.1 Å². The van der Waals surface area contributed by atoms with E-state index in [-0.39, 0.29) is 17.9 Å². The Labute approximate surface area is 115 Å². The Kier molecular flexibility index (Phi) is 3.95. The lowest BCUT2D eigenvalue weighted by Crippen LogP contribution is -2.43. The van der Waals surface area contributed by atoms with Gasteiger partial charge in [-0.15, -0.1) is 0 Å². The summed E-state index contributed by atoms with van der Waals surface area (Å²) < 4.78 is 5.95. The van der Waals surface area contributed by atoms with Crippen molar-refractivity contribution in [3.63, 3.8) is 0 Å². The number of benzene rings is 1. The summed E-state index contributed by atoms with van der Waals surface area (Å²) in [6.45, 7) is 6.84. The average molecular weight is 261 g/mol. The Balaban J connectivity index is 2.37. The Morgan fingerprint density at radius 2 is 2.00 bits per heavy atom. The van der Waals surface area contributed by atoms with Gasteiger partial charge in [0.05, 0.1) is 12.0 Å². The van der Waals surface area contributed by atoms with Crippen LogP contribution in [0.5, 0.6) is 0 Å². The molecule has 1 aromatic carbocycles. The second kappa shape index (κ2) is 5.33. The van der Waals surface area contributed by atoms with Crippen molar-refractivity contribution in [3.05, 3.63) is 35.9 Å². The number of likely N-dealkylation sites (tertiary alicyclic amines) is 1. The third kappa shape index (κ3) is 2.52. The van der Waals surface area contributed by atoms with Crippen LogP contribution in [0.2, 0.25) is 0 Å². The molecule has 1 aliphatic rings. The summed E-state index contributed by atoms with van der Waals surface area (Å²) >= 11 is 0. The van der Waals surface area contributed by atoms with Crippen LogP contribution in [0.4, 0.5) is 0 Å². The van der Waals surface area contributed by atoms with Gasteiger partial charge in [-0.3, -0.25) is 9.69 Å². The molecule has 2 rings (SSSR count). The molecule has 3 nitrogen and oxygen atoms in total. The molecule has 0 saturated carbocycles. The van der Waals surface area contributed by atoms with Crippen molar-refractivity contribution in [2.24, 2.45) is 5.92 Å². The van der Waals surface area contributed by atoms with E-state index in [0.717, 1.165) is 18.5 Å². The summed E-state index contributed by atoms with van der Waals surface area (Å²) in [6.07, 6.45) is 0.854. The molecular weight excluding hydrogens is 238 g/mol. The van der Waals surface area contributed by atoms with Gasteiger partial charge in [0.25, 0.3) is 0 Å². The van der Waals surface area contributed by atoms with Crippen LogP contribution in [0, 0.1) is 5.92 Å². The number of carbonyl (C=O) groups is 1. The first-order valence-electron chi connectivity index (χ1n) is 6.96. The summed E-state index contributed by atoms with van der Waals surface area (Å²) in [4.78, 5) is 14.3. The monoisotopic (exact) mass is 261 g/mol. The van der Waals surface area contributed by atoms with E-state index < -0.39 is 5.60 Å². The number of rotatable bonds is 3. The van der Waals surface area contributed by atoms with Gasteiger partial charge in [0, 0.05) is 13.0 Å². The summed E-state index contributed by atoms with van der Waals surface area (Å²) in [6, 6.07) is 10.3. The first-order chi connectivity index (χ1) is 8.97. The SMILES string of the molecule is CC(C)C(=O)O[C@@]1(c2ccccc2)CCN(C)[C@H]1C. The molecule has 19 heavy (non-hydrogen) atoms. The van der Waals surface area contributed by atoms with E-state index in [1.54, 1.807) is 0 Å². The second-order valence-electron chi connectivity index (χ2n) is 5.74. The summed E-state index contributed by atoms with van der Waals surface area (Å²) in [5, 5.41) is 0. The quantitative estimate of drug-likeness (QED) is 0.784. The maximum atomic E-state index is 12.1. The molecule has 0 unspecified atom stereocenters. The lowest BCUT2D eigenvalue weighted by molar-refractivity contribution is -0.167. The minimum Gasteiger partial charge on any atom is -0.452 e. The molecule has 1 aliphatic heterocycles. The highest BCUT2D eigenvalue weighted by Gasteiger charge is 2.48. The zero-order chi connectivity index (χ0) is 14.0. The van der Waals surface area contributed by atoms with Crippen LogP contribution in [0.15, 0.2) is 30.3 Å². The molecule has 0 aromatic heterocycles. The minimum absolute atomic E-state index is 0.0984. The molecule has 3 heteroatoms. The van der Waals surface area contributed by atoms with Crippen LogP contribution < -0.4 is 0 Å². The number of esters is 1. The number of carbonyl (C=O) groups excluding carboxylic acids is 1. The smallest absolute Gasteiger partial charge is 0.309 e. The predicted octanol–water partition coefficient (Wildman–Crippen LogP) is 2.81. The molecule has 0 radical (unpaired) electrons. The Hall–Kier alpha value is -1.35. The fourth-order valence-corrected chi connectivity index (χ4v) is 2.70. The molecule has 1 saturated heterocycles. The molecule has 104 valence electrons. The van der Waals surface area contributed by atoms with Crippen LogP contribution in [0.25, 0.3) is 0 Å². The van der Waals surface area contributed by atoms with Gasteiger partial charge in [0.15, 0.2) is 5.60 Å². The summed E-state index contributed by atoms with van der Waals surface area (Å²) in [7, 11) is 2.08. The van der Waals surface area contributed by atoms with Crippen LogP contribution in [0.1, 0.15) is 32.8 Å². The molecule has 0 bridgehead atoms. The van der Waals surface area contributed by atoms with Crippen molar-refractivity contribution in [3.8, 4) is 0 Å². The van der Waals surface area contributed by atoms with Crippen molar-refractivity contribution in [1.82, 2.24) is 4.90 Å². The molecule has 1 heterocycles. The highest BCUT2D eigenvalue weighted by Crippen LogP contribution is 2.41. The zero-order valence-electron chi connectivity index (χ0n) is 12.2. The molecule has 0 amide bonds. The first kappa shape index (κ1) is 14.1. The van der Waals surface area contributed by atoms with Gasteiger partial charge in [-0.25, -0.2) is 0 Å². The molecule has 0 N–H and O–H groups in total. The number of likely N-dealkylation sites (N-methyl/N-ethyl adjacent to an activating group) is 1. The van der Waals surface area contributed by atoms with E-state index in [1.807, 2.05) is 32.0 Å². The summed E-state index contributed by atoms with van der Waals surface area (Å²) in [5.41, 5.74) is 0.595. The van der Waals surface area contributed by atoms with Crippen molar-refractivity contribution in [2.45, 2.75) is 38.8 Å². The van der Waals surface area contributed by atoms with Crippen LogP contribution in [0.3, 0.4) is 0 Å². The number of ether oxygens (including phenoxy) is 1. The van der Waals surface area contributed by atoms with E-state index in [4.69, 9.17) is 4.74 Å². The van der Waals surface area contributed by atoms with Gasteiger partial charge < -0.3 is 4.74 Å². The van der Waals surface area contributed by atoms with Crippen molar-refractivity contribution in [2.75, 3.05) is 13.6 Å². The highest BCUT2D eigenvalue weighted by atomic mass is 16.6. The first-order valence-corrected chi connectivity index (χ1v) is 6.96. The zero-order valence-corrected chi connectivity index (χ0v) is 12.2. The lowest BCUT2D eigenvalue weighted by atomic mass is 9.86. The summed E-state index contributed by atoms with van der Waals surface area (Å²) in [5.74, 6) is -0.218. The fourth-order valence-electron chi connectivity index (χ4n) is 2.70. The molecule has 1 fully saturated rings. The van der Waals surface area contributed by atoms with Crippen LogP contribution in [-0.4, -0.2) is 30.5 Å². The lowest BCUT2D eigenvalue weighted by Gasteiger charge is -2.35. The van der Waals surface area contributed by atoms with Crippen molar-refractivity contribution >= 4 is 5.97 Å². The number of nitrogens with zero attached hydrogens (tertiary/aromatic N) is 1.